The maximum absolute atomic E-state index is 10.9. The summed E-state index contributed by atoms with van der Waals surface area (Å²) in [6.45, 7) is 0. The Labute approximate surface area is 291 Å². The summed E-state index contributed by atoms with van der Waals surface area (Å²) in [5.74, 6) is 0. The van der Waals surface area contributed by atoms with Crippen molar-refractivity contribution in [3.05, 3.63) is 187 Å². The Morgan fingerprint density at radius 2 is 0.900 bits per heavy atom. The highest BCUT2D eigenvalue weighted by atomic mass is 28.3. The van der Waals surface area contributed by atoms with Crippen molar-refractivity contribution in [3.63, 3.8) is 0 Å². The van der Waals surface area contributed by atoms with Gasteiger partial charge in [0.1, 0.15) is 6.07 Å². The van der Waals surface area contributed by atoms with Crippen LogP contribution in [0.2, 0.25) is 0 Å². The summed E-state index contributed by atoms with van der Waals surface area (Å²) in [7, 11) is -2.79. The Morgan fingerprint density at radius 1 is 0.420 bits per heavy atom. The Kier molecular flexibility index (Phi) is 7.63. The summed E-state index contributed by atoms with van der Waals surface area (Å²) in [5, 5.41) is 37.0. The number of nitrogens with zero attached hydrogens (tertiary/aromatic N) is 4. The first kappa shape index (κ1) is 30.4. The van der Waals surface area contributed by atoms with E-state index in [9.17, 15) is 15.8 Å². The number of fused-ring (bicyclic) bond motifs is 3. The molecule has 1 aromatic heterocycles. The van der Waals surface area contributed by atoms with Gasteiger partial charge in [0, 0.05) is 16.3 Å². The van der Waals surface area contributed by atoms with Crippen LogP contribution in [0.5, 0.6) is 0 Å². The first-order chi connectivity index (χ1) is 24.7. The van der Waals surface area contributed by atoms with Crippen LogP contribution < -0.4 is 20.7 Å². The van der Waals surface area contributed by atoms with Gasteiger partial charge in [0.05, 0.1) is 45.5 Å². The van der Waals surface area contributed by atoms with Crippen molar-refractivity contribution < 1.29 is 0 Å². The summed E-state index contributed by atoms with van der Waals surface area (Å²) in [5.41, 5.74) is 5.87. The molecule has 0 fully saturated rings. The van der Waals surface area contributed by atoms with Gasteiger partial charge in [0.2, 0.25) is 0 Å². The topological polar surface area (TPSA) is 76.3 Å². The molecule has 0 N–H and O–H groups in total. The normalized spacial score (nSPS) is 11.1. The minimum atomic E-state index is -2.79. The highest BCUT2D eigenvalue weighted by molar-refractivity contribution is 7.19. The maximum atomic E-state index is 10.9. The summed E-state index contributed by atoms with van der Waals surface area (Å²) >= 11 is 0. The van der Waals surface area contributed by atoms with Crippen LogP contribution in [0.25, 0.3) is 38.6 Å². The number of aromatic nitrogens is 1. The van der Waals surface area contributed by atoms with Gasteiger partial charge in [-0.2, -0.15) is 15.8 Å². The zero-order chi connectivity index (χ0) is 34.1. The zero-order valence-electron chi connectivity index (χ0n) is 27.0. The van der Waals surface area contributed by atoms with Crippen LogP contribution in [-0.4, -0.2) is 12.6 Å². The lowest BCUT2D eigenvalue weighted by molar-refractivity contribution is 1.17. The molecule has 232 valence electrons. The lowest BCUT2D eigenvalue weighted by Crippen LogP contribution is -2.74. The SMILES string of the molecule is N#Cc1ccc2c(c1)c1cc(C#N)ccc1n2-c1cccc(-c2cccc([Si](c3ccccc3)(c3ccccc3)c3ccccc3)c2)c1C#N. The molecule has 0 spiro atoms. The molecule has 0 amide bonds. The van der Waals surface area contributed by atoms with E-state index in [0.29, 0.717) is 16.7 Å². The van der Waals surface area contributed by atoms with Gasteiger partial charge in [-0.05, 0) is 68.8 Å². The van der Waals surface area contributed by atoms with E-state index in [1.54, 1.807) is 12.1 Å². The third-order valence-corrected chi connectivity index (χ3v) is 14.4. The van der Waals surface area contributed by atoms with Crippen molar-refractivity contribution in [3.8, 4) is 35.0 Å². The van der Waals surface area contributed by atoms with E-state index in [1.807, 2.05) is 42.5 Å². The lowest BCUT2D eigenvalue weighted by atomic mass is 9.98. The average molecular weight is 653 g/mol. The third kappa shape index (κ3) is 4.80. The molecule has 0 aliphatic rings. The van der Waals surface area contributed by atoms with Crippen LogP contribution in [0.3, 0.4) is 0 Å². The molecule has 0 saturated carbocycles. The molecule has 8 rings (SSSR count). The molecule has 0 aliphatic heterocycles. The van der Waals surface area contributed by atoms with Crippen molar-refractivity contribution >= 4 is 50.6 Å². The average Bonchev–Trinajstić information content (AvgIpc) is 3.52. The second-order valence-corrected chi connectivity index (χ2v) is 16.1. The van der Waals surface area contributed by atoms with Crippen molar-refractivity contribution in [2.75, 3.05) is 0 Å². The van der Waals surface area contributed by atoms with Gasteiger partial charge in [-0.15, -0.1) is 0 Å². The molecule has 0 bridgehead atoms. The fourth-order valence-corrected chi connectivity index (χ4v) is 12.3. The number of benzene rings is 7. The van der Waals surface area contributed by atoms with Gasteiger partial charge < -0.3 is 4.57 Å². The van der Waals surface area contributed by atoms with Crippen molar-refractivity contribution in [1.82, 2.24) is 4.57 Å². The summed E-state index contributed by atoms with van der Waals surface area (Å²) < 4.78 is 2.08. The van der Waals surface area contributed by atoms with Crippen LogP contribution in [0.4, 0.5) is 0 Å². The predicted octanol–water partition coefficient (Wildman–Crippen LogP) is 7.44. The number of hydrogen-bond acceptors (Lipinski definition) is 3. The number of hydrogen-bond donors (Lipinski definition) is 0. The summed E-state index contributed by atoms with van der Waals surface area (Å²) in [4.78, 5) is 0. The Bertz CT molecular complexity index is 2510. The van der Waals surface area contributed by atoms with E-state index in [1.165, 1.54) is 20.7 Å². The number of rotatable bonds is 6. The zero-order valence-corrected chi connectivity index (χ0v) is 28.0. The monoisotopic (exact) mass is 652 g/mol. The molecular formula is C45H28N4Si. The van der Waals surface area contributed by atoms with Crippen molar-refractivity contribution in [2.45, 2.75) is 0 Å². The second kappa shape index (κ2) is 12.6. The van der Waals surface area contributed by atoms with Gasteiger partial charge >= 0.3 is 0 Å². The highest BCUT2D eigenvalue weighted by Gasteiger charge is 2.41. The maximum Gasteiger partial charge on any atom is 0.179 e. The lowest BCUT2D eigenvalue weighted by Gasteiger charge is -2.34. The predicted molar refractivity (Wildman–Crippen MR) is 204 cm³/mol. The van der Waals surface area contributed by atoms with Crippen LogP contribution >= 0.6 is 0 Å². The molecule has 0 saturated heterocycles. The fourth-order valence-electron chi connectivity index (χ4n) is 7.49. The van der Waals surface area contributed by atoms with Crippen LogP contribution in [0, 0.1) is 34.0 Å². The molecule has 0 atom stereocenters. The third-order valence-electron chi connectivity index (χ3n) is 9.65. The van der Waals surface area contributed by atoms with E-state index < -0.39 is 8.07 Å². The molecule has 50 heavy (non-hydrogen) atoms. The number of nitriles is 3. The van der Waals surface area contributed by atoms with E-state index in [4.69, 9.17) is 0 Å². The van der Waals surface area contributed by atoms with Gasteiger partial charge in [0.15, 0.2) is 8.07 Å². The van der Waals surface area contributed by atoms with Crippen molar-refractivity contribution in [2.24, 2.45) is 0 Å². The fraction of sp³-hybridized carbons (Fsp3) is 0. The van der Waals surface area contributed by atoms with Crippen LogP contribution in [0.15, 0.2) is 170 Å². The van der Waals surface area contributed by atoms with Crippen LogP contribution in [0.1, 0.15) is 16.7 Å². The Morgan fingerprint density at radius 3 is 1.38 bits per heavy atom. The molecule has 0 aliphatic carbocycles. The molecular weight excluding hydrogens is 625 g/mol. The first-order valence-electron chi connectivity index (χ1n) is 16.4. The summed E-state index contributed by atoms with van der Waals surface area (Å²) in [6.07, 6.45) is 0. The van der Waals surface area contributed by atoms with Gasteiger partial charge in [-0.1, -0.05) is 127 Å². The smallest absolute Gasteiger partial charge is 0.179 e. The summed E-state index contributed by atoms with van der Waals surface area (Å²) in [6, 6.07) is 65.3. The second-order valence-electron chi connectivity index (χ2n) is 12.3. The minimum Gasteiger partial charge on any atom is -0.308 e. The van der Waals surface area contributed by atoms with Crippen molar-refractivity contribution in [1.29, 1.82) is 15.8 Å². The van der Waals surface area contributed by atoms with E-state index in [2.05, 4.69) is 138 Å². The van der Waals surface area contributed by atoms with Gasteiger partial charge in [-0.3, -0.25) is 0 Å². The van der Waals surface area contributed by atoms with Gasteiger partial charge in [0.25, 0.3) is 0 Å². The van der Waals surface area contributed by atoms with Crippen LogP contribution in [-0.2, 0) is 0 Å². The quantitative estimate of drug-likeness (QED) is 0.138. The molecule has 0 unspecified atom stereocenters. The standard InChI is InChI=1S/C45H28N4Si/c46-29-32-22-24-44-40(26-32)41-27-33(30-47)23-25-45(41)49(44)43-21-11-20-39(42(43)31-48)34-12-10-19-38(28-34)50(35-13-4-1-5-14-35,36-15-6-2-7-16-36)37-17-8-3-9-18-37/h1-28H. The Hall–Kier alpha value is -6.97. The minimum absolute atomic E-state index is 0.535. The Balaban J connectivity index is 1.39. The molecule has 0 radical (unpaired) electrons. The molecule has 1 heterocycles. The molecule has 7 aromatic carbocycles. The van der Waals surface area contributed by atoms with E-state index >= 15 is 0 Å². The largest absolute Gasteiger partial charge is 0.308 e. The highest BCUT2D eigenvalue weighted by Crippen LogP contribution is 2.36. The van der Waals surface area contributed by atoms with E-state index in [0.717, 1.165) is 38.6 Å². The van der Waals surface area contributed by atoms with E-state index in [-0.39, 0.29) is 0 Å². The molecule has 4 nitrogen and oxygen atoms in total. The molecule has 5 heteroatoms. The van der Waals surface area contributed by atoms with Gasteiger partial charge in [-0.25, -0.2) is 0 Å². The first-order valence-corrected chi connectivity index (χ1v) is 18.4. The molecule has 8 aromatic rings.